The molecule has 0 atom stereocenters. The average molecular weight is 352 g/mol. The third-order valence-electron chi connectivity index (χ3n) is 3.96. The monoisotopic (exact) mass is 351 g/mol. The minimum absolute atomic E-state index is 0.130. The molecule has 0 fully saturated rings. The summed E-state index contributed by atoms with van der Waals surface area (Å²) in [6.45, 7) is 4.51. The van der Waals surface area contributed by atoms with Crippen molar-refractivity contribution in [2.45, 2.75) is 32.1 Å². The topological polar surface area (TPSA) is 29.1 Å². The van der Waals surface area contributed by atoms with Gasteiger partial charge in [-0.2, -0.15) is 0 Å². The van der Waals surface area contributed by atoms with Crippen LogP contribution in [-0.4, -0.2) is 12.5 Å². The number of carbonyl (C=O) groups excluding carboxylic acids is 1. The summed E-state index contributed by atoms with van der Waals surface area (Å²) >= 11 is 6.01. The fourth-order valence-corrected chi connectivity index (χ4v) is 2.56. The van der Waals surface area contributed by atoms with Crippen LogP contribution >= 0.6 is 11.6 Å². The van der Waals surface area contributed by atoms with Crippen LogP contribution in [0, 0.1) is 11.6 Å². The van der Waals surface area contributed by atoms with E-state index in [9.17, 15) is 13.6 Å². The lowest BCUT2D eigenvalue weighted by Crippen LogP contribution is -2.36. The van der Waals surface area contributed by atoms with Gasteiger partial charge in [0.05, 0.1) is 0 Å². The van der Waals surface area contributed by atoms with Crippen LogP contribution in [0.15, 0.2) is 42.5 Å². The zero-order chi connectivity index (χ0) is 17.7. The molecule has 2 aromatic rings. The molecule has 0 aliphatic heterocycles. The Morgan fingerprint density at radius 2 is 1.88 bits per heavy atom. The Bertz CT molecular complexity index is 731. The molecule has 0 aliphatic carbocycles. The van der Waals surface area contributed by atoms with Crippen LogP contribution in [0.25, 0.3) is 0 Å². The number of hydrogen-bond acceptors (Lipinski definition) is 1. The molecule has 0 heterocycles. The van der Waals surface area contributed by atoms with E-state index in [0.717, 1.165) is 17.7 Å². The van der Waals surface area contributed by atoms with Gasteiger partial charge < -0.3 is 5.32 Å². The number of hydrogen-bond donors (Lipinski definition) is 1. The molecule has 0 bridgehead atoms. The van der Waals surface area contributed by atoms with Crippen molar-refractivity contribution < 1.29 is 13.6 Å². The number of halogens is 3. The summed E-state index contributed by atoms with van der Waals surface area (Å²) in [6.07, 6.45) is 0.581. The molecule has 0 radical (unpaired) electrons. The second-order valence-corrected chi connectivity index (χ2v) is 6.86. The van der Waals surface area contributed by atoms with Crippen LogP contribution in [0.2, 0.25) is 5.02 Å². The largest absolute Gasteiger partial charge is 0.355 e. The first-order valence-corrected chi connectivity index (χ1v) is 8.12. The molecule has 0 aliphatic rings. The summed E-state index contributed by atoms with van der Waals surface area (Å²) in [7, 11) is 0. The molecule has 24 heavy (non-hydrogen) atoms. The van der Waals surface area contributed by atoms with Gasteiger partial charge in [-0.1, -0.05) is 43.6 Å². The molecule has 1 amide bonds. The number of amides is 1. The quantitative estimate of drug-likeness (QED) is 0.806. The van der Waals surface area contributed by atoms with Gasteiger partial charge in [-0.3, -0.25) is 4.79 Å². The average Bonchev–Trinajstić information content (AvgIpc) is 2.54. The van der Waals surface area contributed by atoms with Crippen LogP contribution in [0.5, 0.6) is 0 Å². The molecular formula is C19H20ClF2NO. The second kappa shape index (κ2) is 7.75. The summed E-state index contributed by atoms with van der Waals surface area (Å²) in [5.41, 5.74) is 1.37. The van der Waals surface area contributed by atoms with Gasteiger partial charge in [-0.15, -0.1) is 0 Å². The summed E-state index contributed by atoms with van der Waals surface area (Å²) in [5, 5.41) is 3.54. The van der Waals surface area contributed by atoms with Gasteiger partial charge in [0.25, 0.3) is 0 Å². The second-order valence-electron chi connectivity index (χ2n) is 6.42. The Balaban J connectivity index is 1.87. The Hall–Kier alpha value is -1.94. The van der Waals surface area contributed by atoms with Crippen LogP contribution in [0.1, 0.15) is 31.4 Å². The standard InChI is InChI=1S/C19H20ClF2NO/c1-19(2,14-4-3-5-15(20)11-14)12-23-18(24)9-7-13-6-8-16(21)17(22)10-13/h3-6,8,10-11H,7,9,12H2,1-2H3,(H,23,24). The first kappa shape index (κ1) is 18.4. The van der Waals surface area contributed by atoms with Gasteiger partial charge in [-0.25, -0.2) is 8.78 Å². The number of nitrogens with one attached hydrogen (secondary N) is 1. The number of aryl methyl sites for hydroxylation is 1. The van der Waals surface area contributed by atoms with Crippen LogP contribution < -0.4 is 5.32 Å². The highest BCUT2D eigenvalue weighted by atomic mass is 35.5. The number of rotatable bonds is 6. The molecule has 2 nitrogen and oxygen atoms in total. The molecule has 2 aromatic carbocycles. The maximum atomic E-state index is 13.1. The van der Waals surface area contributed by atoms with E-state index in [0.29, 0.717) is 23.6 Å². The van der Waals surface area contributed by atoms with E-state index in [1.807, 2.05) is 38.1 Å². The lowest BCUT2D eigenvalue weighted by molar-refractivity contribution is -0.121. The number of benzene rings is 2. The Morgan fingerprint density at radius 3 is 2.54 bits per heavy atom. The van der Waals surface area contributed by atoms with Crippen molar-refractivity contribution in [2.24, 2.45) is 0 Å². The maximum Gasteiger partial charge on any atom is 0.220 e. The minimum Gasteiger partial charge on any atom is -0.355 e. The van der Waals surface area contributed by atoms with Crippen molar-refractivity contribution in [3.63, 3.8) is 0 Å². The summed E-state index contributed by atoms with van der Waals surface area (Å²) in [6, 6.07) is 11.2. The fraction of sp³-hybridized carbons (Fsp3) is 0.316. The third-order valence-corrected chi connectivity index (χ3v) is 4.19. The van der Waals surface area contributed by atoms with E-state index in [1.54, 1.807) is 0 Å². The summed E-state index contributed by atoms with van der Waals surface area (Å²) < 4.78 is 26.0. The van der Waals surface area contributed by atoms with Gasteiger partial charge in [0.15, 0.2) is 11.6 Å². The highest BCUT2D eigenvalue weighted by Gasteiger charge is 2.21. The predicted octanol–water partition coefficient (Wildman–Crippen LogP) is 4.64. The van der Waals surface area contributed by atoms with Gasteiger partial charge in [0.1, 0.15) is 0 Å². The third kappa shape index (κ3) is 5.03. The van der Waals surface area contributed by atoms with E-state index < -0.39 is 11.6 Å². The Morgan fingerprint density at radius 1 is 1.12 bits per heavy atom. The van der Waals surface area contributed by atoms with Gasteiger partial charge in [0, 0.05) is 23.4 Å². The van der Waals surface area contributed by atoms with Gasteiger partial charge in [-0.05, 0) is 41.8 Å². The summed E-state index contributed by atoms with van der Waals surface area (Å²) in [4.78, 5) is 12.0. The van der Waals surface area contributed by atoms with Crippen molar-refractivity contribution in [1.29, 1.82) is 0 Å². The Kier molecular flexibility index (Phi) is 5.94. The molecule has 0 aromatic heterocycles. The van der Waals surface area contributed by atoms with Crippen molar-refractivity contribution in [2.75, 3.05) is 6.54 Å². The molecule has 0 spiro atoms. The van der Waals surface area contributed by atoms with Crippen molar-refractivity contribution in [3.05, 3.63) is 70.2 Å². The van der Waals surface area contributed by atoms with Gasteiger partial charge in [0.2, 0.25) is 5.91 Å². The van der Waals surface area contributed by atoms with Crippen molar-refractivity contribution in [1.82, 2.24) is 5.32 Å². The van der Waals surface area contributed by atoms with E-state index in [2.05, 4.69) is 5.32 Å². The highest BCUT2D eigenvalue weighted by molar-refractivity contribution is 6.30. The zero-order valence-corrected chi connectivity index (χ0v) is 14.5. The number of carbonyl (C=O) groups is 1. The zero-order valence-electron chi connectivity index (χ0n) is 13.7. The maximum absolute atomic E-state index is 13.1. The smallest absolute Gasteiger partial charge is 0.220 e. The van der Waals surface area contributed by atoms with E-state index in [1.165, 1.54) is 6.07 Å². The molecule has 5 heteroatoms. The molecule has 1 N–H and O–H groups in total. The summed E-state index contributed by atoms with van der Waals surface area (Å²) in [5.74, 6) is -1.91. The van der Waals surface area contributed by atoms with E-state index in [4.69, 9.17) is 11.6 Å². The minimum atomic E-state index is -0.894. The van der Waals surface area contributed by atoms with Crippen molar-refractivity contribution in [3.8, 4) is 0 Å². The SMILES string of the molecule is CC(C)(CNC(=O)CCc1ccc(F)c(F)c1)c1cccc(Cl)c1. The first-order chi connectivity index (χ1) is 11.3. The molecule has 0 unspecified atom stereocenters. The van der Waals surface area contributed by atoms with E-state index >= 15 is 0 Å². The molecule has 0 saturated carbocycles. The first-order valence-electron chi connectivity index (χ1n) is 7.74. The van der Waals surface area contributed by atoms with Gasteiger partial charge >= 0.3 is 0 Å². The lowest BCUT2D eigenvalue weighted by Gasteiger charge is -2.26. The molecule has 0 saturated heterocycles. The van der Waals surface area contributed by atoms with Crippen LogP contribution in [-0.2, 0) is 16.6 Å². The predicted molar refractivity (Wildman–Crippen MR) is 92.2 cm³/mol. The highest BCUT2D eigenvalue weighted by Crippen LogP contribution is 2.24. The normalized spacial score (nSPS) is 11.4. The fourth-order valence-electron chi connectivity index (χ4n) is 2.37. The van der Waals surface area contributed by atoms with E-state index in [-0.39, 0.29) is 17.7 Å². The van der Waals surface area contributed by atoms with Crippen LogP contribution in [0.3, 0.4) is 0 Å². The molecular weight excluding hydrogens is 332 g/mol. The molecule has 2 rings (SSSR count). The van der Waals surface area contributed by atoms with Crippen molar-refractivity contribution >= 4 is 17.5 Å². The Labute approximate surface area is 145 Å². The van der Waals surface area contributed by atoms with Crippen LogP contribution in [0.4, 0.5) is 8.78 Å². The molecule has 128 valence electrons. The lowest BCUT2D eigenvalue weighted by atomic mass is 9.84.